The second-order valence-corrected chi connectivity index (χ2v) is 9.64. The van der Waals surface area contributed by atoms with Crippen molar-refractivity contribution >= 4 is 23.8 Å². The molecule has 5 amide bonds. The third-order valence-electron chi connectivity index (χ3n) is 6.61. The Labute approximate surface area is 212 Å². The topological polar surface area (TPSA) is 146 Å². The zero-order valence-corrected chi connectivity index (χ0v) is 21.3. The van der Waals surface area contributed by atoms with Crippen molar-refractivity contribution in [1.82, 2.24) is 25.8 Å². The number of piperidine rings is 1. The number of nitrogens with zero attached hydrogens (tertiary/aromatic N) is 2. The van der Waals surface area contributed by atoms with Gasteiger partial charge < -0.3 is 36.2 Å². The number of amides is 5. The number of primary amides is 1. The molecule has 2 heterocycles. The molecule has 36 heavy (non-hydrogen) atoms. The molecule has 2 saturated heterocycles. The Morgan fingerprint density at radius 3 is 2.33 bits per heavy atom. The van der Waals surface area contributed by atoms with E-state index in [0.29, 0.717) is 25.1 Å². The average Bonchev–Trinajstić information content (AvgIpc) is 2.88. The van der Waals surface area contributed by atoms with E-state index < -0.39 is 23.9 Å². The number of nitrogens with one attached hydrogen (secondary N) is 3. The molecule has 2 aliphatic rings. The van der Waals surface area contributed by atoms with Crippen molar-refractivity contribution in [2.24, 2.45) is 11.7 Å². The molecule has 2 fully saturated rings. The van der Waals surface area contributed by atoms with Gasteiger partial charge >= 0.3 is 6.03 Å². The average molecular weight is 503 g/mol. The van der Waals surface area contributed by atoms with Crippen molar-refractivity contribution in [3.63, 3.8) is 0 Å². The van der Waals surface area contributed by atoms with E-state index in [1.165, 1.54) is 0 Å². The largest absolute Gasteiger partial charge is 0.497 e. The normalized spacial score (nSPS) is 19.5. The van der Waals surface area contributed by atoms with Crippen LogP contribution in [0.15, 0.2) is 24.3 Å². The van der Waals surface area contributed by atoms with E-state index in [0.717, 1.165) is 18.7 Å². The zero-order valence-electron chi connectivity index (χ0n) is 21.3. The first kappa shape index (κ1) is 27.3. The molecule has 1 aromatic rings. The molecule has 198 valence electrons. The second-order valence-electron chi connectivity index (χ2n) is 9.64. The number of carbonyl (C=O) groups excluding carboxylic acids is 4. The van der Waals surface area contributed by atoms with Crippen LogP contribution in [0.2, 0.25) is 0 Å². The van der Waals surface area contributed by atoms with Gasteiger partial charge in [-0.15, -0.1) is 0 Å². The van der Waals surface area contributed by atoms with Crippen molar-refractivity contribution < 1.29 is 23.9 Å². The first-order valence-electron chi connectivity index (χ1n) is 12.5. The number of nitrogens with two attached hydrogens (primary N) is 1. The van der Waals surface area contributed by atoms with Gasteiger partial charge in [-0.2, -0.15) is 0 Å². The van der Waals surface area contributed by atoms with E-state index in [1.807, 2.05) is 13.8 Å². The molecule has 0 radical (unpaired) electrons. The fourth-order valence-corrected chi connectivity index (χ4v) is 4.59. The van der Waals surface area contributed by atoms with Crippen LogP contribution < -0.4 is 26.4 Å². The Bertz CT molecular complexity index is 931. The third-order valence-corrected chi connectivity index (χ3v) is 6.61. The van der Waals surface area contributed by atoms with E-state index >= 15 is 0 Å². The molecule has 0 spiro atoms. The van der Waals surface area contributed by atoms with E-state index in [1.54, 1.807) is 41.2 Å². The van der Waals surface area contributed by atoms with Crippen LogP contribution in [-0.4, -0.2) is 91.5 Å². The molecule has 0 unspecified atom stereocenters. The Kier molecular flexibility index (Phi) is 9.51. The summed E-state index contributed by atoms with van der Waals surface area (Å²) in [7, 11) is 1.56. The maximum Gasteiger partial charge on any atom is 0.317 e. The lowest BCUT2D eigenvalue weighted by atomic mass is 9.95. The molecule has 3 rings (SSSR count). The van der Waals surface area contributed by atoms with Crippen molar-refractivity contribution in [2.45, 2.75) is 51.2 Å². The van der Waals surface area contributed by atoms with Crippen LogP contribution in [0.25, 0.3) is 0 Å². The first-order chi connectivity index (χ1) is 17.2. The van der Waals surface area contributed by atoms with Gasteiger partial charge in [0.15, 0.2) is 0 Å². The molecule has 2 atom stereocenters. The van der Waals surface area contributed by atoms with Crippen LogP contribution in [0.3, 0.4) is 0 Å². The Morgan fingerprint density at radius 1 is 1.08 bits per heavy atom. The van der Waals surface area contributed by atoms with E-state index in [-0.39, 0.29) is 43.4 Å². The van der Waals surface area contributed by atoms with Crippen molar-refractivity contribution in [2.75, 3.05) is 39.8 Å². The van der Waals surface area contributed by atoms with Gasteiger partial charge in [-0.3, -0.25) is 14.4 Å². The number of hydrogen-bond donors (Lipinski definition) is 4. The Morgan fingerprint density at radius 2 is 1.75 bits per heavy atom. The van der Waals surface area contributed by atoms with E-state index in [2.05, 4.69) is 16.0 Å². The minimum atomic E-state index is -0.971. The number of ether oxygens (including phenoxy) is 1. The quantitative estimate of drug-likeness (QED) is 0.389. The number of hydrogen-bond acceptors (Lipinski definition) is 6. The van der Waals surface area contributed by atoms with Crippen LogP contribution in [0, 0.1) is 5.92 Å². The van der Waals surface area contributed by atoms with Gasteiger partial charge in [-0.1, -0.05) is 12.1 Å². The minimum absolute atomic E-state index is 0.0368. The van der Waals surface area contributed by atoms with Gasteiger partial charge in [0.05, 0.1) is 13.7 Å². The van der Waals surface area contributed by atoms with E-state index in [9.17, 15) is 19.2 Å². The van der Waals surface area contributed by atoms with E-state index in [4.69, 9.17) is 10.5 Å². The number of benzene rings is 1. The van der Waals surface area contributed by atoms with Crippen LogP contribution in [0.4, 0.5) is 4.79 Å². The Balaban J connectivity index is 1.77. The summed E-state index contributed by atoms with van der Waals surface area (Å²) in [6.07, 6.45) is 1.59. The molecule has 0 aromatic heterocycles. The summed E-state index contributed by atoms with van der Waals surface area (Å²) < 4.78 is 5.16. The third kappa shape index (κ3) is 7.09. The molecule has 0 saturated carbocycles. The minimum Gasteiger partial charge on any atom is -0.497 e. The lowest BCUT2D eigenvalue weighted by Gasteiger charge is -2.42. The fourth-order valence-electron chi connectivity index (χ4n) is 4.59. The van der Waals surface area contributed by atoms with Crippen LogP contribution >= 0.6 is 0 Å². The molecule has 11 nitrogen and oxygen atoms in total. The number of urea groups is 1. The predicted octanol–water partition coefficient (Wildman–Crippen LogP) is -0.162. The van der Waals surface area contributed by atoms with Crippen LogP contribution in [0.5, 0.6) is 5.75 Å². The maximum absolute atomic E-state index is 13.5. The van der Waals surface area contributed by atoms with Crippen LogP contribution in [-0.2, 0) is 20.8 Å². The predicted molar refractivity (Wildman–Crippen MR) is 134 cm³/mol. The number of piperazine rings is 1. The maximum atomic E-state index is 13.5. The van der Waals surface area contributed by atoms with Gasteiger partial charge in [0.1, 0.15) is 17.8 Å². The van der Waals surface area contributed by atoms with Crippen molar-refractivity contribution in [3.05, 3.63) is 29.8 Å². The number of carbonyl (C=O) groups is 4. The molecule has 0 bridgehead atoms. The lowest BCUT2D eigenvalue weighted by molar-refractivity contribution is -0.147. The van der Waals surface area contributed by atoms with Gasteiger partial charge in [0.2, 0.25) is 17.7 Å². The van der Waals surface area contributed by atoms with Gasteiger partial charge in [-0.05, 0) is 57.5 Å². The van der Waals surface area contributed by atoms with Crippen LogP contribution in [0.1, 0.15) is 32.3 Å². The molecule has 2 aliphatic heterocycles. The molecule has 1 aromatic carbocycles. The van der Waals surface area contributed by atoms with Crippen molar-refractivity contribution in [3.8, 4) is 5.75 Å². The summed E-state index contributed by atoms with van der Waals surface area (Å²) in [5.74, 6) is -0.778. The van der Waals surface area contributed by atoms with Crippen molar-refractivity contribution in [1.29, 1.82) is 0 Å². The number of rotatable bonds is 8. The highest BCUT2D eigenvalue weighted by molar-refractivity contribution is 5.93. The second kappa shape index (κ2) is 12.6. The summed E-state index contributed by atoms with van der Waals surface area (Å²) in [6, 6.07) is 4.88. The standard InChI is InChI=1S/C25H38N6O5/c1-16(2)28-25(35)30-12-13-31(24(34)18-8-10-27-11-9-18)21(15-30)23(33)29-20(22(26)32)14-17-4-6-19(36-3)7-5-17/h4-7,16,18,20-21,27H,8-15H2,1-3H3,(H2,26,32)(H,28,35)(H,29,33)/t20-,21-/m0/s1. The zero-order chi connectivity index (χ0) is 26.2. The number of methoxy groups -OCH3 is 1. The SMILES string of the molecule is COc1ccc(C[C@H](NC(=O)[C@@H]2CN(C(=O)NC(C)C)CCN2C(=O)C2CCNCC2)C(N)=O)cc1. The molecule has 11 heteroatoms. The summed E-state index contributed by atoms with van der Waals surface area (Å²) in [5, 5.41) is 8.83. The monoisotopic (exact) mass is 502 g/mol. The first-order valence-corrected chi connectivity index (χ1v) is 12.5. The fraction of sp³-hybridized carbons (Fsp3) is 0.600. The molecular weight excluding hydrogens is 464 g/mol. The van der Waals surface area contributed by atoms with Gasteiger partial charge in [0.25, 0.3) is 0 Å². The molecule has 5 N–H and O–H groups in total. The summed E-state index contributed by atoms with van der Waals surface area (Å²) in [5.41, 5.74) is 6.42. The smallest absolute Gasteiger partial charge is 0.317 e. The molecular formula is C25H38N6O5. The molecule has 0 aliphatic carbocycles. The van der Waals surface area contributed by atoms with Gasteiger partial charge in [-0.25, -0.2) is 4.79 Å². The Hall–Kier alpha value is -3.34. The summed E-state index contributed by atoms with van der Waals surface area (Å²) in [4.78, 5) is 54.9. The highest BCUT2D eigenvalue weighted by atomic mass is 16.5. The highest BCUT2D eigenvalue weighted by Crippen LogP contribution is 2.20. The highest BCUT2D eigenvalue weighted by Gasteiger charge is 2.40. The lowest BCUT2D eigenvalue weighted by Crippen LogP contribution is -2.65. The summed E-state index contributed by atoms with van der Waals surface area (Å²) >= 11 is 0. The summed E-state index contributed by atoms with van der Waals surface area (Å²) in [6.45, 7) is 5.81. The van der Waals surface area contributed by atoms with Gasteiger partial charge in [0, 0.05) is 31.5 Å².